The molecule has 0 N–H and O–H groups in total. The van der Waals surface area contributed by atoms with E-state index in [4.69, 9.17) is 0 Å². The molecule has 2 aromatic rings. The Morgan fingerprint density at radius 2 is 1.94 bits per heavy atom. The Morgan fingerprint density at radius 1 is 1.17 bits per heavy atom. The van der Waals surface area contributed by atoms with Crippen LogP contribution in [0.3, 0.4) is 0 Å². The van der Waals surface area contributed by atoms with Crippen LogP contribution in [0, 0.1) is 0 Å². The molecule has 2 rings (SSSR count). The Kier molecular flexibility index (Phi) is 4.53. The van der Waals surface area contributed by atoms with E-state index < -0.39 is 0 Å². The average Bonchev–Trinajstić information content (AvgIpc) is 2.45. The smallest absolute Gasteiger partial charge is 0.182 e. The predicted molar refractivity (Wildman–Crippen MR) is 74.9 cm³/mol. The molecule has 18 heavy (non-hydrogen) atoms. The fourth-order valence-corrected chi connectivity index (χ4v) is 2.61. The minimum atomic E-state index is 0.103. The van der Waals surface area contributed by atoms with Crippen LogP contribution >= 0.6 is 11.8 Å². The molecule has 0 atom stereocenters. The third-order valence-corrected chi connectivity index (χ3v) is 3.71. The summed E-state index contributed by atoms with van der Waals surface area (Å²) in [6, 6.07) is 14.1. The number of thioether (sulfide) groups is 1. The van der Waals surface area contributed by atoms with Crippen molar-refractivity contribution in [2.24, 2.45) is 0 Å². The van der Waals surface area contributed by atoms with Gasteiger partial charge in [-0.1, -0.05) is 37.3 Å². The first-order chi connectivity index (χ1) is 8.81. The molecule has 0 aliphatic rings. The second-order valence-corrected chi connectivity index (χ2v) is 4.92. The topological polar surface area (TPSA) is 30.0 Å². The summed E-state index contributed by atoms with van der Waals surface area (Å²) >= 11 is 1.66. The van der Waals surface area contributed by atoms with Gasteiger partial charge < -0.3 is 0 Å². The van der Waals surface area contributed by atoms with Crippen molar-refractivity contribution in [3.63, 3.8) is 0 Å². The Balaban J connectivity index is 2.12. The number of hydrogen-bond donors (Lipinski definition) is 0. The number of hydrogen-bond acceptors (Lipinski definition) is 3. The molecule has 0 unspecified atom stereocenters. The average molecular weight is 257 g/mol. The third kappa shape index (κ3) is 3.20. The van der Waals surface area contributed by atoms with Crippen LogP contribution in [0.15, 0.2) is 53.6 Å². The summed E-state index contributed by atoms with van der Waals surface area (Å²) in [6.45, 7) is 1.86. The Labute approximate surface area is 111 Å². The summed E-state index contributed by atoms with van der Waals surface area (Å²) in [6.07, 6.45) is 2.17. The maximum absolute atomic E-state index is 11.8. The number of Topliss-reactive ketones (excluding diaryl/α,β-unsaturated/α-hetero) is 1. The normalized spacial score (nSPS) is 10.3. The van der Waals surface area contributed by atoms with Crippen molar-refractivity contribution in [3.8, 4) is 0 Å². The number of carbonyl (C=O) groups is 1. The molecule has 1 aromatic heterocycles. The first kappa shape index (κ1) is 12.8. The molecule has 0 fully saturated rings. The molecular weight excluding hydrogens is 242 g/mol. The SMILES string of the molecule is CCC(=O)c1ncccc1SCc1ccccc1. The molecule has 0 aliphatic carbocycles. The molecule has 0 spiro atoms. The van der Waals surface area contributed by atoms with E-state index in [1.807, 2.05) is 37.3 Å². The molecule has 2 nitrogen and oxygen atoms in total. The molecular formula is C15H15NOS. The Morgan fingerprint density at radius 3 is 2.67 bits per heavy atom. The van der Waals surface area contributed by atoms with Gasteiger partial charge in [-0.3, -0.25) is 9.78 Å². The van der Waals surface area contributed by atoms with Crippen LogP contribution in [0.4, 0.5) is 0 Å². The van der Waals surface area contributed by atoms with Crippen LogP contribution in [-0.2, 0) is 5.75 Å². The van der Waals surface area contributed by atoms with Crippen LogP contribution in [0.2, 0.25) is 0 Å². The maximum atomic E-state index is 11.8. The van der Waals surface area contributed by atoms with Crippen LogP contribution in [0.1, 0.15) is 29.4 Å². The number of benzene rings is 1. The van der Waals surface area contributed by atoms with E-state index in [1.165, 1.54) is 5.56 Å². The minimum absolute atomic E-state index is 0.103. The highest BCUT2D eigenvalue weighted by Gasteiger charge is 2.10. The Bertz CT molecular complexity index is 525. The van der Waals surface area contributed by atoms with Gasteiger partial charge in [0.25, 0.3) is 0 Å². The van der Waals surface area contributed by atoms with E-state index in [9.17, 15) is 4.79 Å². The van der Waals surface area contributed by atoms with Crippen LogP contribution in [0.5, 0.6) is 0 Å². The number of pyridine rings is 1. The highest BCUT2D eigenvalue weighted by atomic mass is 32.2. The van der Waals surface area contributed by atoms with E-state index in [0.717, 1.165) is 10.6 Å². The molecule has 1 aromatic carbocycles. The minimum Gasteiger partial charge on any atom is -0.292 e. The zero-order valence-electron chi connectivity index (χ0n) is 10.3. The highest BCUT2D eigenvalue weighted by molar-refractivity contribution is 7.98. The lowest BCUT2D eigenvalue weighted by Gasteiger charge is -2.06. The summed E-state index contributed by atoms with van der Waals surface area (Å²) in [4.78, 5) is 16.9. The van der Waals surface area contributed by atoms with Crippen LogP contribution in [-0.4, -0.2) is 10.8 Å². The van der Waals surface area contributed by atoms with Gasteiger partial charge >= 0.3 is 0 Å². The molecule has 0 amide bonds. The van der Waals surface area contributed by atoms with Gasteiger partial charge in [-0.25, -0.2) is 0 Å². The molecule has 1 heterocycles. The molecule has 0 radical (unpaired) electrons. The predicted octanol–water partition coefficient (Wildman–Crippen LogP) is 3.97. The quantitative estimate of drug-likeness (QED) is 0.599. The first-order valence-corrected chi connectivity index (χ1v) is 6.94. The third-order valence-electron chi connectivity index (χ3n) is 2.59. The number of aromatic nitrogens is 1. The summed E-state index contributed by atoms with van der Waals surface area (Å²) in [5.41, 5.74) is 1.85. The largest absolute Gasteiger partial charge is 0.292 e. The number of carbonyl (C=O) groups excluding carboxylic acids is 1. The van der Waals surface area contributed by atoms with E-state index in [-0.39, 0.29) is 5.78 Å². The standard InChI is InChI=1S/C15H15NOS/c1-2-13(17)15-14(9-6-10-16-15)18-11-12-7-4-3-5-8-12/h3-10H,2,11H2,1H3. The molecule has 0 saturated heterocycles. The summed E-state index contributed by atoms with van der Waals surface area (Å²) < 4.78 is 0. The molecule has 92 valence electrons. The van der Waals surface area contributed by atoms with Crippen molar-refractivity contribution in [2.45, 2.75) is 24.0 Å². The number of rotatable bonds is 5. The van der Waals surface area contributed by atoms with Gasteiger partial charge in [0.1, 0.15) is 5.69 Å². The maximum Gasteiger partial charge on any atom is 0.182 e. The highest BCUT2D eigenvalue weighted by Crippen LogP contribution is 2.25. The van der Waals surface area contributed by atoms with E-state index in [2.05, 4.69) is 17.1 Å². The van der Waals surface area contributed by atoms with Crippen molar-refractivity contribution >= 4 is 17.5 Å². The van der Waals surface area contributed by atoms with Gasteiger partial charge in [0, 0.05) is 23.3 Å². The van der Waals surface area contributed by atoms with Gasteiger partial charge in [-0.05, 0) is 17.7 Å². The zero-order valence-corrected chi connectivity index (χ0v) is 11.1. The van der Waals surface area contributed by atoms with Gasteiger partial charge in [0.15, 0.2) is 5.78 Å². The lowest BCUT2D eigenvalue weighted by atomic mass is 10.2. The molecule has 3 heteroatoms. The van der Waals surface area contributed by atoms with Crippen LogP contribution < -0.4 is 0 Å². The fourth-order valence-electron chi connectivity index (χ4n) is 1.62. The van der Waals surface area contributed by atoms with Gasteiger partial charge in [0.05, 0.1) is 0 Å². The molecule has 0 aliphatic heterocycles. The summed E-state index contributed by atoms with van der Waals surface area (Å²) in [5.74, 6) is 0.961. The monoisotopic (exact) mass is 257 g/mol. The number of nitrogens with zero attached hydrogens (tertiary/aromatic N) is 1. The van der Waals surface area contributed by atoms with Crippen molar-refractivity contribution in [3.05, 3.63) is 59.9 Å². The zero-order chi connectivity index (χ0) is 12.8. The van der Waals surface area contributed by atoms with Crippen molar-refractivity contribution in [1.29, 1.82) is 0 Å². The summed E-state index contributed by atoms with van der Waals surface area (Å²) in [7, 11) is 0. The van der Waals surface area contributed by atoms with E-state index >= 15 is 0 Å². The lowest BCUT2D eigenvalue weighted by Crippen LogP contribution is -2.02. The van der Waals surface area contributed by atoms with Gasteiger partial charge in [0.2, 0.25) is 0 Å². The van der Waals surface area contributed by atoms with Crippen LogP contribution in [0.25, 0.3) is 0 Å². The van der Waals surface area contributed by atoms with Gasteiger partial charge in [-0.2, -0.15) is 0 Å². The van der Waals surface area contributed by atoms with E-state index in [0.29, 0.717) is 12.1 Å². The molecule has 0 saturated carbocycles. The number of ketones is 1. The Hall–Kier alpha value is -1.61. The van der Waals surface area contributed by atoms with Gasteiger partial charge in [-0.15, -0.1) is 11.8 Å². The lowest BCUT2D eigenvalue weighted by molar-refractivity contribution is 0.0980. The van der Waals surface area contributed by atoms with Crippen molar-refractivity contribution in [2.75, 3.05) is 0 Å². The second-order valence-electron chi connectivity index (χ2n) is 3.90. The summed E-state index contributed by atoms with van der Waals surface area (Å²) in [5, 5.41) is 0. The van der Waals surface area contributed by atoms with E-state index in [1.54, 1.807) is 18.0 Å². The first-order valence-electron chi connectivity index (χ1n) is 5.96. The fraction of sp³-hybridized carbons (Fsp3) is 0.200. The van der Waals surface area contributed by atoms with Crippen molar-refractivity contribution in [1.82, 2.24) is 4.98 Å². The second kappa shape index (κ2) is 6.36. The molecule has 0 bridgehead atoms. The van der Waals surface area contributed by atoms with Crippen molar-refractivity contribution < 1.29 is 4.79 Å².